The minimum absolute atomic E-state index is 0.371. The SMILES string of the molecule is CNC(Cc1ccn(C(C)C)n1)C1(C)CCCS1. The van der Waals surface area contributed by atoms with E-state index in [1.54, 1.807) is 0 Å². The van der Waals surface area contributed by atoms with Crippen LogP contribution in [0.2, 0.25) is 0 Å². The van der Waals surface area contributed by atoms with Crippen molar-refractivity contribution in [2.75, 3.05) is 12.8 Å². The average molecular weight is 267 g/mol. The lowest BCUT2D eigenvalue weighted by atomic mass is 9.92. The van der Waals surface area contributed by atoms with Gasteiger partial charge in [-0.25, -0.2) is 0 Å². The number of nitrogens with zero attached hydrogens (tertiary/aromatic N) is 2. The summed E-state index contributed by atoms with van der Waals surface area (Å²) in [5.74, 6) is 1.30. The van der Waals surface area contributed by atoms with Gasteiger partial charge in [0.05, 0.1) is 5.69 Å². The minimum Gasteiger partial charge on any atom is -0.315 e. The molecule has 3 nitrogen and oxygen atoms in total. The van der Waals surface area contributed by atoms with Gasteiger partial charge >= 0.3 is 0 Å². The second-order valence-electron chi connectivity index (χ2n) is 5.69. The van der Waals surface area contributed by atoms with Crippen molar-refractivity contribution in [2.24, 2.45) is 0 Å². The number of hydrogen-bond acceptors (Lipinski definition) is 3. The minimum atomic E-state index is 0.371. The van der Waals surface area contributed by atoms with Gasteiger partial charge in [0.25, 0.3) is 0 Å². The molecular weight excluding hydrogens is 242 g/mol. The molecular formula is C14H25N3S. The highest BCUT2D eigenvalue weighted by molar-refractivity contribution is 8.00. The molecule has 1 saturated heterocycles. The summed E-state index contributed by atoms with van der Waals surface area (Å²) in [5.41, 5.74) is 1.21. The van der Waals surface area contributed by atoms with E-state index in [0.717, 1.165) is 6.42 Å². The molecule has 102 valence electrons. The number of likely N-dealkylation sites (N-methyl/N-ethyl adjacent to an activating group) is 1. The van der Waals surface area contributed by atoms with Crippen LogP contribution in [0.4, 0.5) is 0 Å². The summed E-state index contributed by atoms with van der Waals surface area (Å²) in [7, 11) is 2.08. The molecule has 0 aromatic carbocycles. The van der Waals surface area contributed by atoms with E-state index in [4.69, 9.17) is 0 Å². The molecule has 2 unspecified atom stereocenters. The molecule has 2 heterocycles. The lowest BCUT2D eigenvalue weighted by Crippen LogP contribution is -2.45. The molecule has 2 rings (SSSR count). The van der Waals surface area contributed by atoms with Gasteiger partial charge in [-0.2, -0.15) is 16.9 Å². The standard InChI is InChI=1S/C14H25N3S/c1-11(2)17-8-6-12(16-17)10-13(15-4)14(3)7-5-9-18-14/h6,8,11,13,15H,5,7,9-10H2,1-4H3. The maximum atomic E-state index is 4.67. The maximum Gasteiger partial charge on any atom is 0.0640 e. The third-order valence-electron chi connectivity index (χ3n) is 3.94. The molecule has 1 fully saturated rings. The third kappa shape index (κ3) is 2.91. The number of thioether (sulfide) groups is 1. The number of aromatic nitrogens is 2. The number of nitrogens with one attached hydrogen (secondary N) is 1. The molecule has 1 aliphatic heterocycles. The molecule has 2 atom stereocenters. The molecule has 1 aromatic rings. The predicted molar refractivity (Wildman–Crippen MR) is 79.3 cm³/mol. The molecule has 0 amide bonds. The topological polar surface area (TPSA) is 29.9 Å². The van der Waals surface area contributed by atoms with E-state index in [9.17, 15) is 0 Å². The highest BCUT2D eigenvalue weighted by atomic mass is 32.2. The maximum absolute atomic E-state index is 4.67. The second-order valence-corrected chi connectivity index (χ2v) is 7.32. The smallest absolute Gasteiger partial charge is 0.0640 e. The lowest BCUT2D eigenvalue weighted by molar-refractivity contribution is 0.417. The van der Waals surface area contributed by atoms with E-state index in [-0.39, 0.29) is 0 Å². The summed E-state index contributed by atoms with van der Waals surface area (Å²) in [6, 6.07) is 3.12. The van der Waals surface area contributed by atoms with Crippen LogP contribution in [-0.4, -0.2) is 33.4 Å². The highest BCUT2D eigenvalue weighted by Gasteiger charge is 2.37. The zero-order valence-corrected chi connectivity index (χ0v) is 12.8. The summed E-state index contributed by atoms with van der Waals surface area (Å²) in [4.78, 5) is 0. The van der Waals surface area contributed by atoms with Crippen LogP contribution in [0.25, 0.3) is 0 Å². The fourth-order valence-electron chi connectivity index (χ4n) is 2.68. The Balaban J connectivity index is 2.05. The van der Waals surface area contributed by atoms with E-state index in [0.29, 0.717) is 16.8 Å². The second kappa shape index (κ2) is 5.66. The molecule has 0 aliphatic carbocycles. The molecule has 0 saturated carbocycles. The van der Waals surface area contributed by atoms with Crippen molar-refractivity contribution in [2.45, 2.75) is 56.9 Å². The summed E-state index contributed by atoms with van der Waals surface area (Å²) in [6.45, 7) is 6.73. The molecule has 4 heteroatoms. The zero-order chi connectivity index (χ0) is 13.2. The van der Waals surface area contributed by atoms with Gasteiger partial charge in [-0.05, 0) is 52.5 Å². The Morgan fingerprint density at radius 3 is 2.83 bits per heavy atom. The van der Waals surface area contributed by atoms with Gasteiger partial charge in [0.15, 0.2) is 0 Å². The number of hydrogen-bond donors (Lipinski definition) is 1. The van der Waals surface area contributed by atoms with Crippen molar-refractivity contribution in [3.8, 4) is 0 Å². The Kier molecular flexibility index (Phi) is 4.38. The first-order valence-electron chi connectivity index (χ1n) is 6.90. The molecule has 1 aliphatic rings. The lowest BCUT2D eigenvalue weighted by Gasteiger charge is -2.32. The fraction of sp³-hybridized carbons (Fsp3) is 0.786. The van der Waals surface area contributed by atoms with E-state index in [1.807, 2.05) is 4.68 Å². The van der Waals surface area contributed by atoms with Crippen LogP contribution in [-0.2, 0) is 6.42 Å². The predicted octanol–water partition coefficient (Wildman–Crippen LogP) is 2.88. The van der Waals surface area contributed by atoms with E-state index in [1.165, 1.54) is 24.3 Å². The van der Waals surface area contributed by atoms with Crippen LogP contribution in [0.3, 0.4) is 0 Å². The monoisotopic (exact) mass is 267 g/mol. The number of rotatable bonds is 5. The molecule has 18 heavy (non-hydrogen) atoms. The van der Waals surface area contributed by atoms with Gasteiger partial charge in [-0.15, -0.1) is 0 Å². The van der Waals surface area contributed by atoms with Crippen molar-refractivity contribution in [1.82, 2.24) is 15.1 Å². The third-order valence-corrected chi connectivity index (χ3v) is 5.58. The first-order valence-corrected chi connectivity index (χ1v) is 7.89. The summed E-state index contributed by atoms with van der Waals surface area (Å²) in [5, 5.41) is 8.17. The van der Waals surface area contributed by atoms with Crippen LogP contribution in [0.5, 0.6) is 0 Å². The molecule has 1 aromatic heterocycles. The molecule has 0 radical (unpaired) electrons. The van der Waals surface area contributed by atoms with Crippen molar-refractivity contribution >= 4 is 11.8 Å². The molecule has 0 spiro atoms. The average Bonchev–Trinajstić information content (AvgIpc) is 2.95. The quantitative estimate of drug-likeness (QED) is 0.889. The Bertz CT molecular complexity index is 380. The van der Waals surface area contributed by atoms with Gasteiger partial charge in [-0.3, -0.25) is 4.68 Å². The van der Waals surface area contributed by atoms with E-state index in [2.05, 4.69) is 62.3 Å². The zero-order valence-electron chi connectivity index (χ0n) is 11.9. The Morgan fingerprint density at radius 2 is 2.33 bits per heavy atom. The molecule has 1 N–H and O–H groups in total. The van der Waals surface area contributed by atoms with Crippen molar-refractivity contribution in [3.05, 3.63) is 18.0 Å². The van der Waals surface area contributed by atoms with Crippen molar-refractivity contribution < 1.29 is 0 Å². The van der Waals surface area contributed by atoms with Crippen molar-refractivity contribution in [3.63, 3.8) is 0 Å². The first kappa shape index (κ1) is 13.9. The van der Waals surface area contributed by atoms with Gasteiger partial charge in [-0.1, -0.05) is 0 Å². The van der Waals surface area contributed by atoms with Gasteiger partial charge in [0, 0.05) is 29.4 Å². The van der Waals surface area contributed by atoms with Crippen LogP contribution in [0.1, 0.15) is 45.3 Å². The highest BCUT2D eigenvalue weighted by Crippen LogP contribution is 2.41. The van der Waals surface area contributed by atoms with Crippen LogP contribution in [0.15, 0.2) is 12.3 Å². The Morgan fingerprint density at radius 1 is 1.56 bits per heavy atom. The van der Waals surface area contributed by atoms with E-state index < -0.39 is 0 Å². The summed E-state index contributed by atoms with van der Waals surface area (Å²) in [6.07, 6.45) is 5.78. The summed E-state index contributed by atoms with van der Waals surface area (Å²) < 4.78 is 2.42. The first-order chi connectivity index (χ1) is 8.55. The van der Waals surface area contributed by atoms with E-state index >= 15 is 0 Å². The summed E-state index contributed by atoms with van der Waals surface area (Å²) >= 11 is 2.11. The van der Waals surface area contributed by atoms with Gasteiger partial charge in [0.1, 0.15) is 0 Å². The Labute approximate surface area is 115 Å². The fourth-order valence-corrected chi connectivity index (χ4v) is 4.13. The normalized spacial score (nSPS) is 25.8. The van der Waals surface area contributed by atoms with Crippen LogP contribution >= 0.6 is 11.8 Å². The Hall–Kier alpha value is -0.480. The largest absolute Gasteiger partial charge is 0.315 e. The molecule has 0 bridgehead atoms. The van der Waals surface area contributed by atoms with Gasteiger partial charge in [0.2, 0.25) is 0 Å². The van der Waals surface area contributed by atoms with Crippen molar-refractivity contribution in [1.29, 1.82) is 0 Å². The van der Waals surface area contributed by atoms with Crippen LogP contribution < -0.4 is 5.32 Å². The van der Waals surface area contributed by atoms with Crippen LogP contribution in [0, 0.1) is 0 Å². The van der Waals surface area contributed by atoms with Gasteiger partial charge < -0.3 is 5.32 Å².